The number of hydrogen-bond acceptors (Lipinski definition) is 4. The lowest BCUT2D eigenvalue weighted by Crippen LogP contribution is -2.49. The van der Waals surface area contributed by atoms with E-state index in [2.05, 4.69) is 4.90 Å². The summed E-state index contributed by atoms with van der Waals surface area (Å²) >= 11 is 0. The van der Waals surface area contributed by atoms with Gasteiger partial charge in [-0.2, -0.15) is 0 Å². The molecule has 1 saturated heterocycles. The number of esters is 1. The Bertz CT molecular complexity index is 281. The van der Waals surface area contributed by atoms with Crippen molar-refractivity contribution < 1.29 is 14.3 Å². The molecule has 18 heavy (non-hydrogen) atoms. The van der Waals surface area contributed by atoms with Crippen molar-refractivity contribution in [2.45, 2.75) is 56.6 Å². The summed E-state index contributed by atoms with van der Waals surface area (Å²) in [5.41, 5.74) is 0.103. The van der Waals surface area contributed by atoms with Crippen LogP contribution in [0.4, 0.5) is 0 Å². The average Bonchev–Trinajstić information content (AvgIpc) is 2.39. The lowest BCUT2D eigenvalue weighted by molar-refractivity contribution is -0.146. The molecule has 1 spiro atoms. The number of likely N-dealkylation sites (N-methyl/N-ethyl adjacent to an activating group) is 1. The number of carbonyl (C=O) groups is 1. The van der Waals surface area contributed by atoms with E-state index in [4.69, 9.17) is 9.47 Å². The predicted molar refractivity (Wildman–Crippen MR) is 69.4 cm³/mol. The Hall–Kier alpha value is -0.610. The van der Waals surface area contributed by atoms with Gasteiger partial charge in [0.05, 0.1) is 19.3 Å². The van der Waals surface area contributed by atoms with Gasteiger partial charge >= 0.3 is 5.97 Å². The third-order valence-electron chi connectivity index (χ3n) is 4.46. The maximum atomic E-state index is 11.3. The van der Waals surface area contributed by atoms with Gasteiger partial charge in [-0.3, -0.25) is 9.69 Å². The van der Waals surface area contributed by atoms with Gasteiger partial charge in [0, 0.05) is 12.6 Å². The second kappa shape index (κ2) is 6.02. The first-order chi connectivity index (χ1) is 8.65. The minimum Gasteiger partial charge on any atom is -0.468 e. The minimum absolute atomic E-state index is 0.103. The van der Waals surface area contributed by atoms with Crippen molar-refractivity contribution in [2.24, 2.45) is 0 Å². The van der Waals surface area contributed by atoms with Gasteiger partial charge in [-0.1, -0.05) is 19.3 Å². The van der Waals surface area contributed by atoms with Crippen molar-refractivity contribution in [3.8, 4) is 0 Å². The van der Waals surface area contributed by atoms with Crippen LogP contribution in [0.2, 0.25) is 0 Å². The monoisotopic (exact) mass is 255 g/mol. The minimum atomic E-state index is -0.151. The van der Waals surface area contributed by atoms with Crippen LogP contribution in [-0.4, -0.2) is 49.8 Å². The van der Waals surface area contributed by atoms with E-state index in [0.717, 1.165) is 19.4 Å². The molecule has 1 atom stereocenters. The van der Waals surface area contributed by atoms with Gasteiger partial charge in [0.15, 0.2) is 0 Å². The van der Waals surface area contributed by atoms with Crippen LogP contribution in [0, 0.1) is 0 Å². The number of methoxy groups -OCH3 is 1. The van der Waals surface area contributed by atoms with Gasteiger partial charge in [-0.15, -0.1) is 0 Å². The molecule has 1 saturated carbocycles. The van der Waals surface area contributed by atoms with E-state index >= 15 is 0 Å². The molecule has 4 heteroatoms. The molecular formula is C14H25NO3. The zero-order valence-corrected chi connectivity index (χ0v) is 11.6. The van der Waals surface area contributed by atoms with E-state index < -0.39 is 0 Å². The van der Waals surface area contributed by atoms with E-state index in [1.807, 2.05) is 7.05 Å². The Morgan fingerprint density at radius 3 is 2.78 bits per heavy atom. The molecule has 4 nitrogen and oxygen atoms in total. The van der Waals surface area contributed by atoms with Gasteiger partial charge in [0.1, 0.15) is 0 Å². The Labute approximate surface area is 110 Å². The van der Waals surface area contributed by atoms with Crippen molar-refractivity contribution in [3.63, 3.8) is 0 Å². The molecule has 1 aliphatic carbocycles. The van der Waals surface area contributed by atoms with Crippen LogP contribution in [0.25, 0.3) is 0 Å². The molecule has 1 heterocycles. The van der Waals surface area contributed by atoms with Crippen molar-refractivity contribution in [2.75, 3.05) is 27.3 Å². The number of nitrogens with zero attached hydrogens (tertiary/aromatic N) is 1. The molecule has 1 unspecified atom stereocenters. The molecular weight excluding hydrogens is 230 g/mol. The smallest absolute Gasteiger partial charge is 0.319 e. The first-order valence-corrected chi connectivity index (χ1v) is 7.06. The number of rotatable bonds is 3. The fraction of sp³-hybridized carbons (Fsp3) is 0.929. The Kier molecular flexibility index (Phi) is 4.62. The van der Waals surface area contributed by atoms with Crippen molar-refractivity contribution >= 4 is 5.97 Å². The van der Waals surface area contributed by atoms with Gasteiger partial charge in [-0.25, -0.2) is 0 Å². The SMILES string of the molecule is COC(=O)CN(C)C1CCOC2(CCCCC2)C1. The lowest BCUT2D eigenvalue weighted by atomic mass is 9.78. The Morgan fingerprint density at radius 1 is 1.39 bits per heavy atom. The lowest BCUT2D eigenvalue weighted by Gasteiger charge is -2.45. The predicted octanol–water partition coefficient (Wildman–Crippen LogP) is 1.97. The molecule has 2 rings (SSSR count). The molecule has 0 N–H and O–H groups in total. The summed E-state index contributed by atoms with van der Waals surface area (Å²) in [6, 6.07) is 0.455. The Balaban J connectivity index is 1.91. The van der Waals surface area contributed by atoms with Gasteiger partial charge in [0.2, 0.25) is 0 Å². The average molecular weight is 255 g/mol. The molecule has 2 fully saturated rings. The van der Waals surface area contributed by atoms with Crippen LogP contribution >= 0.6 is 0 Å². The normalized spacial score (nSPS) is 27.4. The maximum Gasteiger partial charge on any atom is 0.319 e. The zero-order valence-electron chi connectivity index (χ0n) is 11.6. The Morgan fingerprint density at radius 2 is 2.11 bits per heavy atom. The molecule has 0 aromatic heterocycles. The molecule has 0 amide bonds. The second-order valence-electron chi connectivity index (χ2n) is 5.73. The summed E-state index contributed by atoms with van der Waals surface area (Å²) in [5, 5.41) is 0. The summed E-state index contributed by atoms with van der Waals surface area (Å²) in [6.07, 6.45) is 8.38. The van der Waals surface area contributed by atoms with Gasteiger partial charge < -0.3 is 9.47 Å². The summed E-state index contributed by atoms with van der Waals surface area (Å²) < 4.78 is 10.8. The van der Waals surface area contributed by atoms with E-state index in [1.165, 1.54) is 39.2 Å². The highest BCUT2D eigenvalue weighted by Crippen LogP contribution is 2.39. The van der Waals surface area contributed by atoms with Gasteiger partial charge in [0.25, 0.3) is 0 Å². The first kappa shape index (κ1) is 13.8. The van der Waals surface area contributed by atoms with Crippen LogP contribution in [0.3, 0.4) is 0 Å². The van der Waals surface area contributed by atoms with Crippen LogP contribution in [0.1, 0.15) is 44.9 Å². The van der Waals surface area contributed by atoms with Crippen molar-refractivity contribution in [3.05, 3.63) is 0 Å². The fourth-order valence-electron chi connectivity index (χ4n) is 3.32. The summed E-state index contributed by atoms with van der Waals surface area (Å²) in [6.45, 7) is 1.22. The molecule has 0 aromatic carbocycles. The molecule has 0 aromatic rings. The first-order valence-electron chi connectivity index (χ1n) is 7.06. The van der Waals surface area contributed by atoms with E-state index in [-0.39, 0.29) is 11.6 Å². The molecule has 104 valence electrons. The summed E-state index contributed by atoms with van der Waals surface area (Å²) in [7, 11) is 3.46. The number of carbonyl (C=O) groups excluding carboxylic acids is 1. The van der Waals surface area contributed by atoms with Crippen molar-refractivity contribution in [1.29, 1.82) is 0 Å². The number of ether oxygens (including phenoxy) is 2. The molecule has 2 aliphatic rings. The third kappa shape index (κ3) is 3.23. The van der Waals surface area contributed by atoms with Crippen LogP contribution in [-0.2, 0) is 14.3 Å². The topological polar surface area (TPSA) is 38.8 Å². The quantitative estimate of drug-likeness (QED) is 0.723. The van der Waals surface area contributed by atoms with E-state index in [1.54, 1.807) is 0 Å². The zero-order chi connectivity index (χ0) is 13.0. The highest BCUT2D eigenvalue weighted by atomic mass is 16.5. The largest absolute Gasteiger partial charge is 0.468 e. The second-order valence-corrected chi connectivity index (χ2v) is 5.73. The van der Waals surface area contributed by atoms with Crippen LogP contribution in [0.5, 0.6) is 0 Å². The molecule has 0 bridgehead atoms. The summed E-state index contributed by atoms with van der Waals surface area (Å²) in [4.78, 5) is 13.5. The van der Waals surface area contributed by atoms with E-state index in [0.29, 0.717) is 12.6 Å². The standard InChI is InChI=1S/C14H25NO3/c1-15(11-13(16)17-2)12-6-9-18-14(10-12)7-4-3-5-8-14/h12H,3-11H2,1-2H3. The third-order valence-corrected chi connectivity index (χ3v) is 4.46. The number of hydrogen-bond donors (Lipinski definition) is 0. The summed E-state index contributed by atoms with van der Waals surface area (Å²) in [5.74, 6) is -0.151. The van der Waals surface area contributed by atoms with Crippen LogP contribution < -0.4 is 0 Å². The highest BCUT2D eigenvalue weighted by Gasteiger charge is 2.39. The van der Waals surface area contributed by atoms with Gasteiger partial charge in [-0.05, 0) is 32.7 Å². The van der Waals surface area contributed by atoms with Crippen LogP contribution in [0.15, 0.2) is 0 Å². The maximum absolute atomic E-state index is 11.3. The van der Waals surface area contributed by atoms with Crippen molar-refractivity contribution in [1.82, 2.24) is 4.90 Å². The highest BCUT2D eigenvalue weighted by molar-refractivity contribution is 5.71. The molecule has 0 radical (unpaired) electrons. The molecule has 1 aliphatic heterocycles. The fourth-order valence-corrected chi connectivity index (χ4v) is 3.32. The van der Waals surface area contributed by atoms with E-state index in [9.17, 15) is 4.79 Å².